The highest BCUT2D eigenvalue weighted by Gasteiger charge is 2.22. The first kappa shape index (κ1) is 23.1. The molecule has 2 aliphatic carbocycles. The van der Waals surface area contributed by atoms with Crippen LogP contribution in [-0.2, 0) is 14.3 Å². The molecule has 1 amide bonds. The van der Waals surface area contributed by atoms with Crippen molar-refractivity contribution in [2.24, 2.45) is 11.7 Å². The fourth-order valence-electron chi connectivity index (χ4n) is 2.75. The van der Waals surface area contributed by atoms with Crippen LogP contribution in [0.3, 0.4) is 0 Å². The molecule has 0 heterocycles. The van der Waals surface area contributed by atoms with Crippen molar-refractivity contribution in [1.82, 2.24) is 0 Å². The van der Waals surface area contributed by atoms with Crippen molar-refractivity contribution in [3.05, 3.63) is 0 Å². The van der Waals surface area contributed by atoms with Crippen LogP contribution in [0.4, 0.5) is 0 Å². The number of carbonyl (C=O) groups is 2. The molecule has 2 rings (SSSR count). The molecule has 0 aliphatic heterocycles. The molecule has 0 bridgehead atoms. The molecule has 0 spiro atoms. The molecule has 0 atom stereocenters. The average Bonchev–Trinajstić information content (AvgIpc) is 2.52. The summed E-state index contributed by atoms with van der Waals surface area (Å²) in [5.74, 6) is 0.698. The summed E-state index contributed by atoms with van der Waals surface area (Å²) in [6.07, 6.45) is 12.3. The molecule has 2 aliphatic rings. The van der Waals surface area contributed by atoms with Crippen molar-refractivity contribution in [3.8, 4) is 0 Å². The number of ketones is 1. The van der Waals surface area contributed by atoms with E-state index in [4.69, 9.17) is 15.6 Å². The molecular formula is C19H39NO4. The Hall–Kier alpha value is -0.940. The molecule has 0 aromatic rings. The van der Waals surface area contributed by atoms with Gasteiger partial charge in [-0.25, -0.2) is 0 Å². The van der Waals surface area contributed by atoms with Gasteiger partial charge >= 0.3 is 0 Å². The minimum absolute atomic E-state index is 0. The molecule has 3 N–H and O–H groups in total. The van der Waals surface area contributed by atoms with Crippen molar-refractivity contribution in [2.45, 2.75) is 90.6 Å². The van der Waals surface area contributed by atoms with Gasteiger partial charge in [-0.3, -0.25) is 9.59 Å². The van der Waals surface area contributed by atoms with Gasteiger partial charge in [0.05, 0.1) is 6.10 Å². The monoisotopic (exact) mass is 345 g/mol. The van der Waals surface area contributed by atoms with Crippen LogP contribution in [-0.4, -0.2) is 36.1 Å². The Morgan fingerprint density at radius 2 is 1.67 bits per heavy atom. The van der Waals surface area contributed by atoms with Gasteiger partial charge in [0, 0.05) is 33.4 Å². The summed E-state index contributed by atoms with van der Waals surface area (Å²) >= 11 is 0. The largest absolute Gasteiger partial charge is 0.397 e. The molecule has 5 nitrogen and oxygen atoms in total. The van der Waals surface area contributed by atoms with Gasteiger partial charge in [0.1, 0.15) is 5.78 Å². The first-order chi connectivity index (χ1) is 11.5. The summed E-state index contributed by atoms with van der Waals surface area (Å²) in [6, 6.07) is 0. The Balaban J connectivity index is 0. The normalized spacial score (nSPS) is 17.6. The summed E-state index contributed by atoms with van der Waals surface area (Å²) in [4.78, 5) is 21.2. The van der Waals surface area contributed by atoms with Crippen LogP contribution < -0.4 is 5.73 Å². The van der Waals surface area contributed by atoms with Crippen molar-refractivity contribution >= 4 is 11.7 Å². The van der Waals surface area contributed by atoms with Crippen LogP contribution in [0.1, 0.15) is 85.9 Å². The maximum absolute atomic E-state index is 10.8. The van der Waals surface area contributed by atoms with Gasteiger partial charge in [-0.2, -0.15) is 0 Å². The number of rotatable bonds is 7. The van der Waals surface area contributed by atoms with Crippen molar-refractivity contribution in [1.29, 1.82) is 0 Å². The summed E-state index contributed by atoms with van der Waals surface area (Å²) in [7, 11) is 0. The molecule has 2 saturated carbocycles. The van der Waals surface area contributed by atoms with Crippen LogP contribution in [0.2, 0.25) is 0 Å². The van der Waals surface area contributed by atoms with Crippen LogP contribution in [0.25, 0.3) is 0 Å². The van der Waals surface area contributed by atoms with E-state index in [1.54, 1.807) is 6.92 Å². The molecule has 2 fully saturated rings. The van der Waals surface area contributed by atoms with E-state index in [1.807, 2.05) is 6.92 Å². The van der Waals surface area contributed by atoms with E-state index in [0.29, 0.717) is 30.8 Å². The van der Waals surface area contributed by atoms with E-state index in [9.17, 15) is 9.59 Å². The summed E-state index contributed by atoms with van der Waals surface area (Å²) in [5.41, 5.74) is 5.02. The zero-order valence-corrected chi connectivity index (χ0v) is 15.6. The van der Waals surface area contributed by atoms with E-state index in [1.165, 1.54) is 38.5 Å². The molecule has 0 unspecified atom stereocenters. The Kier molecular flexibility index (Phi) is 15.0. The first-order valence-electron chi connectivity index (χ1n) is 9.58. The number of aliphatic hydroxyl groups is 1. The highest BCUT2D eigenvalue weighted by molar-refractivity contribution is 5.81. The molecule has 144 valence electrons. The number of hydrogen-bond acceptors (Lipinski definition) is 4. The lowest BCUT2D eigenvalue weighted by Gasteiger charge is -2.22. The standard InChI is InChI=1S/C10H19NO2.C7H12O.C2H6O.H2/c11-10(12)7-4-8-13-9-5-2-1-3-6-9;1-2-7(8)6-4-3-5-6;1-2-3;/h9H,1-8H2,(H2,11,12);6H,2-5H2,1H3;3H,2H2,1H3;1H. The minimum atomic E-state index is -0.229. The number of Topliss-reactive ketones (excluding diaryl/α,β-unsaturated/α-hetero) is 1. The van der Waals surface area contributed by atoms with Crippen LogP contribution in [0.15, 0.2) is 0 Å². The van der Waals surface area contributed by atoms with E-state index in [2.05, 4.69) is 0 Å². The molecule has 0 aromatic carbocycles. The number of hydrogen-bond donors (Lipinski definition) is 2. The average molecular weight is 346 g/mol. The van der Waals surface area contributed by atoms with Crippen molar-refractivity contribution in [3.63, 3.8) is 0 Å². The number of carbonyl (C=O) groups excluding carboxylic acids is 2. The maximum atomic E-state index is 10.8. The van der Waals surface area contributed by atoms with Crippen LogP contribution in [0.5, 0.6) is 0 Å². The lowest BCUT2D eigenvalue weighted by atomic mass is 9.81. The summed E-state index contributed by atoms with van der Waals surface area (Å²) < 4.78 is 5.63. The van der Waals surface area contributed by atoms with Crippen LogP contribution in [0, 0.1) is 5.92 Å². The number of aliphatic hydroxyl groups excluding tert-OH is 1. The van der Waals surface area contributed by atoms with E-state index >= 15 is 0 Å². The number of nitrogens with two attached hydrogens (primary N) is 1. The summed E-state index contributed by atoms with van der Waals surface area (Å²) in [6.45, 7) is 4.56. The Morgan fingerprint density at radius 3 is 2.04 bits per heavy atom. The zero-order chi connectivity index (χ0) is 18.2. The van der Waals surface area contributed by atoms with Gasteiger partial charge in [0.25, 0.3) is 0 Å². The maximum Gasteiger partial charge on any atom is 0.217 e. The Labute approximate surface area is 148 Å². The molecule has 0 aromatic heterocycles. The van der Waals surface area contributed by atoms with Crippen molar-refractivity contribution < 1.29 is 20.9 Å². The molecule has 24 heavy (non-hydrogen) atoms. The lowest BCUT2D eigenvalue weighted by molar-refractivity contribution is -0.124. The Bertz CT molecular complexity index is 329. The fourth-order valence-corrected chi connectivity index (χ4v) is 2.75. The van der Waals surface area contributed by atoms with E-state index < -0.39 is 0 Å². The number of primary amides is 1. The predicted octanol–water partition coefficient (Wildman–Crippen LogP) is 3.61. The van der Waals surface area contributed by atoms with Gasteiger partial charge in [0.15, 0.2) is 0 Å². The van der Waals surface area contributed by atoms with Crippen LogP contribution >= 0.6 is 0 Å². The third-order valence-corrected chi connectivity index (χ3v) is 4.38. The minimum Gasteiger partial charge on any atom is -0.397 e. The topological polar surface area (TPSA) is 89.6 Å². The van der Waals surface area contributed by atoms with Gasteiger partial charge in [-0.15, -0.1) is 0 Å². The van der Waals surface area contributed by atoms with E-state index in [-0.39, 0.29) is 13.9 Å². The van der Waals surface area contributed by atoms with Gasteiger partial charge < -0.3 is 15.6 Å². The second-order valence-corrected chi connectivity index (χ2v) is 6.46. The first-order valence-corrected chi connectivity index (χ1v) is 9.58. The fraction of sp³-hybridized carbons (Fsp3) is 0.895. The molecule has 0 saturated heterocycles. The van der Waals surface area contributed by atoms with E-state index in [0.717, 1.165) is 25.7 Å². The van der Waals surface area contributed by atoms with Gasteiger partial charge in [0.2, 0.25) is 5.91 Å². The lowest BCUT2D eigenvalue weighted by Crippen LogP contribution is -2.20. The second kappa shape index (κ2) is 15.6. The third kappa shape index (κ3) is 12.5. The zero-order valence-electron chi connectivity index (χ0n) is 15.6. The van der Waals surface area contributed by atoms with Gasteiger partial charge in [-0.1, -0.05) is 32.6 Å². The van der Waals surface area contributed by atoms with Crippen molar-refractivity contribution in [2.75, 3.05) is 13.2 Å². The highest BCUT2D eigenvalue weighted by atomic mass is 16.5. The number of ether oxygens (including phenoxy) is 1. The molecular weight excluding hydrogens is 306 g/mol. The quantitative estimate of drug-likeness (QED) is 0.690. The third-order valence-electron chi connectivity index (χ3n) is 4.38. The molecule has 0 radical (unpaired) electrons. The Morgan fingerprint density at radius 1 is 1.08 bits per heavy atom. The number of amides is 1. The van der Waals surface area contributed by atoms with Gasteiger partial charge in [-0.05, 0) is 39.0 Å². The SMILES string of the molecule is CCC(=O)C1CCC1.CCO.NC(=O)CCCOC1CCCCC1.[HH]. The molecule has 5 heteroatoms. The smallest absolute Gasteiger partial charge is 0.217 e. The summed E-state index contributed by atoms with van der Waals surface area (Å²) in [5, 5.41) is 7.57. The predicted molar refractivity (Wildman–Crippen MR) is 98.8 cm³/mol. The second-order valence-electron chi connectivity index (χ2n) is 6.46. The highest BCUT2D eigenvalue weighted by Crippen LogP contribution is 2.27.